The Labute approximate surface area is 227 Å². The van der Waals surface area contributed by atoms with Crippen LogP contribution in [-0.2, 0) is 6.54 Å². The van der Waals surface area contributed by atoms with Crippen LogP contribution in [0, 0.1) is 10.1 Å². The number of ether oxygens (including phenoxy) is 2. The van der Waals surface area contributed by atoms with Gasteiger partial charge < -0.3 is 14.4 Å². The molecular formula is C26H27ClN6O6. The second-order valence-corrected chi connectivity index (χ2v) is 9.76. The number of aromatic nitrogens is 4. The number of nitro groups is 1. The lowest BCUT2D eigenvalue weighted by atomic mass is 10.0. The predicted molar refractivity (Wildman–Crippen MR) is 148 cm³/mol. The van der Waals surface area contributed by atoms with Crippen molar-refractivity contribution in [3.8, 4) is 11.5 Å². The van der Waals surface area contributed by atoms with E-state index in [4.69, 9.17) is 21.1 Å². The zero-order chi connectivity index (χ0) is 27.8. The highest BCUT2D eigenvalue weighted by Crippen LogP contribution is 2.36. The van der Waals surface area contributed by atoms with Gasteiger partial charge >= 0.3 is 5.69 Å². The number of piperidine rings is 1. The van der Waals surface area contributed by atoms with Crippen LogP contribution in [0.5, 0.6) is 11.5 Å². The first kappa shape index (κ1) is 26.4. The number of hydrogen-bond donors (Lipinski definition) is 0. The number of aryl methyl sites for hydroxylation is 1. The minimum Gasteiger partial charge on any atom is -0.493 e. The van der Waals surface area contributed by atoms with Gasteiger partial charge in [-0.3, -0.25) is 24.0 Å². The van der Waals surface area contributed by atoms with E-state index in [0.29, 0.717) is 49.4 Å². The monoisotopic (exact) mass is 554 g/mol. The molecule has 5 rings (SSSR count). The lowest BCUT2D eigenvalue weighted by molar-refractivity contribution is -0.383. The average Bonchev–Trinajstić information content (AvgIpc) is 2.94. The van der Waals surface area contributed by atoms with Gasteiger partial charge in [-0.2, -0.15) is 0 Å². The Morgan fingerprint density at radius 2 is 1.74 bits per heavy atom. The van der Waals surface area contributed by atoms with E-state index in [2.05, 4.69) is 14.9 Å². The molecule has 0 N–H and O–H groups in total. The molecule has 2 aromatic carbocycles. The number of methoxy groups -OCH3 is 2. The van der Waals surface area contributed by atoms with Gasteiger partial charge in [-0.15, -0.1) is 0 Å². The number of halogens is 1. The second kappa shape index (κ2) is 10.5. The normalized spacial score (nSPS) is 14.2. The van der Waals surface area contributed by atoms with Gasteiger partial charge in [0, 0.05) is 48.2 Å². The van der Waals surface area contributed by atoms with Crippen LogP contribution in [0.1, 0.15) is 32.2 Å². The van der Waals surface area contributed by atoms with E-state index in [0.717, 1.165) is 11.2 Å². The van der Waals surface area contributed by atoms with Crippen LogP contribution in [0.15, 0.2) is 40.2 Å². The summed E-state index contributed by atoms with van der Waals surface area (Å²) in [6, 6.07) is 5.81. The third-order valence-electron chi connectivity index (χ3n) is 7.10. The Kier molecular flexibility index (Phi) is 7.13. The Balaban J connectivity index is 1.54. The summed E-state index contributed by atoms with van der Waals surface area (Å²) in [5.41, 5.74) is -0.777. The van der Waals surface area contributed by atoms with E-state index < -0.39 is 22.2 Å². The first-order valence-electron chi connectivity index (χ1n) is 12.5. The van der Waals surface area contributed by atoms with Gasteiger partial charge in [-0.05, 0) is 31.4 Å². The number of anilines is 1. The molecule has 0 amide bonds. The van der Waals surface area contributed by atoms with E-state index in [-0.39, 0.29) is 28.2 Å². The molecule has 0 aliphatic carbocycles. The van der Waals surface area contributed by atoms with Crippen molar-refractivity contribution in [1.29, 1.82) is 0 Å². The molecular weight excluding hydrogens is 528 g/mol. The van der Waals surface area contributed by atoms with E-state index in [1.807, 2.05) is 13.0 Å². The molecule has 0 saturated carbocycles. The molecule has 1 aliphatic heterocycles. The Bertz CT molecular complexity index is 1710. The summed E-state index contributed by atoms with van der Waals surface area (Å²) in [7, 11) is 3.12. The fourth-order valence-electron chi connectivity index (χ4n) is 5.32. The van der Waals surface area contributed by atoms with Crippen LogP contribution < -0.4 is 25.6 Å². The number of non-ortho nitro benzene ring substituents is 1. The van der Waals surface area contributed by atoms with Crippen molar-refractivity contribution in [3.63, 3.8) is 0 Å². The van der Waals surface area contributed by atoms with Crippen LogP contribution >= 0.6 is 11.6 Å². The van der Waals surface area contributed by atoms with Gasteiger partial charge in [-0.1, -0.05) is 18.5 Å². The standard InChI is InChI=1S/C26H27ClN6O6/c1-4-7-31-23-18(10-15(27)11-20(23)33(36)37)25(34)32(26(31)35)16-5-8-30(9-6-16)24-17-12-21(38-2)22(39-3)13-19(17)28-14-29-24/h10-14,16H,4-9H2,1-3H3. The topological polar surface area (TPSA) is 135 Å². The summed E-state index contributed by atoms with van der Waals surface area (Å²) in [5.74, 6) is 1.84. The maximum Gasteiger partial charge on any atom is 0.331 e. The molecule has 13 heteroatoms. The molecule has 4 aromatic rings. The average molecular weight is 555 g/mol. The van der Waals surface area contributed by atoms with Crippen LogP contribution in [0.2, 0.25) is 5.02 Å². The van der Waals surface area contributed by atoms with Crippen molar-refractivity contribution in [3.05, 3.63) is 66.6 Å². The van der Waals surface area contributed by atoms with Gasteiger partial charge in [0.15, 0.2) is 11.5 Å². The summed E-state index contributed by atoms with van der Waals surface area (Å²) < 4.78 is 13.4. The van der Waals surface area contributed by atoms with E-state index in [9.17, 15) is 19.7 Å². The summed E-state index contributed by atoms with van der Waals surface area (Å²) >= 11 is 6.15. The molecule has 3 heterocycles. The lowest BCUT2D eigenvalue weighted by Crippen LogP contribution is -2.46. The fraction of sp³-hybridized carbons (Fsp3) is 0.385. The number of benzene rings is 2. The Hall–Kier alpha value is -4.19. The van der Waals surface area contributed by atoms with Crippen LogP contribution in [-0.4, -0.2) is 51.3 Å². The minimum atomic E-state index is -0.612. The maximum absolute atomic E-state index is 13.6. The fourth-order valence-corrected chi connectivity index (χ4v) is 5.54. The van der Waals surface area contributed by atoms with Crippen molar-refractivity contribution in [2.24, 2.45) is 0 Å². The van der Waals surface area contributed by atoms with Gasteiger partial charge in [0.1, 0.15) is 17.7 Å². The third-order valence-corrected chi connectivity index (χ3v) is 7.32. The van der Waals surface area contributed by atoms with Gasteiger partial charge in [0.2, 0.25) is 0 Å². The molecule has 0 radical (unpaired) electrons. The molecule has 2 aromatic heterocycles. The predicted octanol–water partition coefficient (Wildman–Crippen LogP) is 3.94. The first-order valence-corrected chi connectivity index (χ1v) is 12.9. The summed E-state index contributed by atoms with van der Waals surface area (Å²) in [4.78, 5) is 49.3. The number of nitrogens with zero attached hydrogens (tertiary/aromatic N) is 6. The van der Waals surface area contributed by atoms with E-state index in [1.165, 1.54) is 27.6 Å². The zero-order valence-electron chi connectivity index (χ0n) is 21.7. The molecule has 39 heavy (non-hydrogen) atoms. The van der Waals surface area contributed by atoms with Crippen molar-refractivity contribution in [1.82, 2.24) is 19.1 Å². The molecule has 1 fully saturated rings. The minimum absolute atomic E-state index is 0.00627. The molecule has 0 atom stereocenters. The van der Waals surface area contributed by atoms with Crippen molar-refractivity contribution in [2.45, 2.75) is 38.8 Å². The van der Waals surface area contributed by atoms with E-state index in [1.54, 1.807) is 20.3 Å². The number of nitro benzene ring substituents is 1. The van der Waals surface area contributed by atoms with Gasteiger partial charge in [-0.25, -0.2) is 14.8 Å². The largest absolute Gasteiger partial charge is 0.493 e. The third kappa shape index (κ3) is 4.54. The maximum atomic E-state index is 13.6. The number of hydrogen-bond acceptors (Lipinski definition) is 9. The Morgan fingerprint density at radius 1 is 1.05 bits per heavy atom. The molecule has 0 spiro atoms. The molecule has 1 saturated heterocycles. The van der Waals surface area contributed by atoms with Crippen molar-refractivity contribution in [2.75, 3.05) is 32.2 Å². The van der Waals surface area contributed by atoms with E-state index >= 15 is 0 Å². The summed E-state index contributed by atoms with van der Waals surface area (Å²) in [6.45, 7) is 3.15. The molecule has 0 unspecified atom stereocenters. The number of rotatable bonds is 7. The van der Waals surface area contributed by atoms with Crippen LogP contribution in [0.3, 0.4) is 0 Å². The zero-order valence-corrected chi connectivity index (χ0v) is 22.5. The summed E-state index contributed by atoms with van der Waals surface area (Å²) in [5, 5.41) is 12.7. The van der Waals surface area contributed by atoms with Gasteiger partial charge in [0.25, 0.3) is 11.2 Å². The smallest absolute Gasteiger partial charge is 0.331 e. The molecule has 1 aliphatic rings. The molecule has 0 bridgehead atoms. The highest BCUT2D eigenvalue weighted by atomic mass is 35.5. The van der Waals surface area contributed by atoms with Gasteiger partial charge in [0.05, 0.1) is 30.0 Å². The highest BCUT2D eigenvalue weighted by Gasteiger charge is 2.29. The molecule has 12 nitrogen and oxygen atoms in total. The Morgan fingerprint density at radius 3 is 2.38 bits per heavy atom. The highest BCUT2D eigenvalue weighted by molar-refractivity contribution is 6.31. The lowest BCUT2D eigenvalue weighted by Gasteiger charge is -2.34. The number of fused-ring (bicyclic) bond motifs is 2. The van der Waals surface area contributed by atoms with Crippen molar-refractivity contribution >= 4 is 44.9 Å². The molecule has 204 valence electrons. The SMILES string of the molecule is CCCn1c(=O)n(C2CCN(c3ncnc4cc(OC)c(OC)cc34)CC2)c(=O)c2cc(Cl)cc([N+](=O)[O-])c21. The van der Waals surface area contributed by atoms with Crippen LogP contribution in [0.25, 0.3) is 21.8 Å². The first-order chi connectivity index (χ1) is 18.8. The second-order valence-electron chi connectivity index (χ2n) is 9.33. The van der Waals surface area contributed by atoms with Crippen LogP contribution in [0.4, 0.5) is 11.5 Å². The summed E-state index contributed by atoms with van der Waals surface area (Å²) in [6.07, 6.45) is 3.03. The quantitative estimate of drug-likeness (QED) is 0.246. The van der Waals surface area contributed by atoms with Crippen molar-refractivity contribution < 1.29 is 14.4 Å².